The van der Waals surface area contributed by atoms with Crippen LogP contribution in [0.15, 0.2) is 35.3 Å². The van der Waals surface area contributed by atoms with Crippen LogP contribution in [0, 0.1) is 11.3 Å². The van der Waals surface area contributed by atoms with Gasteiger partial charge >= 0.3 is 0 Å². The fourth-order valence-electron chi connectivity index (χ4n) is 2.42. The van der Waals surface area contributed by atoms with Crippen molar-refractivity contribution in [3.8, 4) is 6.07 Å². The molecule has 0 amide bonds. The smallest absolute Gasteiger partial charge is 0.276 e. The van der Waals surface area contributed by atoms with Gasteiger partial charge in [0.1, 0.15) is 11.0 Å². The molecule has 110 valence electrons. The lowest BCUT2D eigenvalue weighted by Crippen LogP contribution is -2.11. The maximum Gasteiger partial charge on any atom is 0.276 e. The van der Waals surface area contributed by atoms with E-state index in [9.17, 15) is 10.1 Å². The van der Waals surface area contributed by atoms with Crippen LogP contribution < -0.4 is 11.3 Å². The van der Waals surface area contributed by atoms with Gasteiger partial charge in [-0.05, 0) is 29.7 Å². The second-order valence-electron chi connectivity index (χ2n) is 4.93. The van der Waals surface area contributed by atoms with E-state index in [-0.39, 0.29) is 17.4 Å². The van der Waals surface area contributed by atoms with Gasteiger partial charge in [-0.25, -0.2) is 4.98 Å². The molecule has 6 nitrogen and oxygen atoms in total. The second kappa shape index (κ2) is 5.54. The molecule has 1 unspecified atom stereocenters. The molecule has 1 aromatic carbocycles. The number of rotatable bonds is 3. The van der Waals surface area contributed by atoms with Crippen molar-refractivity contribution in [2.45, 2.75) is 12.3 Å². The number of nitrogen functional groups attached to an aromatic ring is 1. The van der Waals surface area contributed by atoms with Crippen molar-refractivity contribution >= 4 is 28.6 Å². The van der Waals surface area contributed by atoms with E-state index in [1.807, 2.05) is 6.07 Å². The highest BCUT2D eigenvalue weighted by molar-refractivity contribution is 6.30. The van der Waals surface area contributed by atoms with Crippen LogP contribution in [0.25, 0.3) is 11.0 Å². The summed E-state index contributed by atoms with van der Waals surface area (Å²) in [4.78, 5) is 21.3. The Morgan fingerprint density at radius 1 is 1.45 bits per heavy atom. The molecule has 2 heterocycles. The van der Waals surface area contributed by atoms with Crippen molar-refractivity contribution in [3.05, 3.63) is 57.0 Å². The number of halogens is 1. The maximum atomic E-state index is 11.8. The van der Waals surface area contributed by atoms with Crippen molar-refractivity contribution < 1.29 is 0 Å². The Labute approximate surface area is 130 Å². The van der Waals surface area contributed by atoms with Gasteiger partial charge in [-0.15, -0.1) is 0 Å². The highest BCUT2D eigenvalue weighted by Gasteiger charge is 2.16. The number of aromatic amines is 2. The number of hydrogen-bond acceptors (Lipinski definition) is 4. The number of hydrogen-bond donors (Lipinski definition) is 3. The summed E-state index contributed by atoms with van der Waals surface area (Å²) < 4.78 is 0. The monoisotopic (exact) mass is 313 g/mol. The number of fused-ring (bicyclic) bond motifs is 1. The standard InChI is InChI=1S/C15H12ClN5O/c16-11-3-1-2-8(5-11)9(6-17)4-10-7-19-13-12(10)20-15(18)21-14(13)22/h1-3,5,7,9,19H,4H2,(H3,18,20,21,22). The Kier molecular flexibility index (Phi) is 3.57. The third kappa shape index (κ3) is 2.54. The normalized spacial score (nSPS) is 12.2. The molecule has 3 rings (SSSR count). The van der Waals surface area contributed by atoms with Crippen LogP contribution in [-0.4, -0.2) is 15.0 Å². The Morgan fingerprint density at radius 3 is 3.00 bits per heavy atom. The highest BCUT2D eigenvalue weighted by atomic mass is 35.5. The molecule has 0 radical (unpaired) electrons. The summed E-state index contributed by atoms with van der Waals surface area (Å²) in [5.74, 6) is -0.338. The lowest BCUT2D eigenvalue weighted by Gasteiger charge is -2.09. The van der Waals surface area contributed by atoms with Gasteiger partial charge < -0.3 is 10.7 Å². The molecule has 0 fully saturated rings. The molecule has 2 aromatic heterocycles. The number of H-pyrrole nitrogens is 2. The lowest BCUT2D eigenvalue weighted by atomic mass is 9.94. The van der Waals surface area contributed by atoms with E-state index in [1.54, 1.807) is 24.4 Å². The average molecular weight is 314 g/mol. The topological polar surface area (TPSA) is 111 Å². The van der Waals surface area contributed by atoms with Crippen molar-refractivity contribution in [3.63, 3.8) is 0 Å². The van der Waals surface area contributed by atoms with Gasteiger partial charge in [0.05, 0.1) is 12.0 Å². The number of nitrogens with zero attached hydrogens (tertiary/aromatic N) is 2. The third-order valence-electron chi connectivity index (χ3n) is 3.46. The Morgan fingerprint density at radius 2 is 2.27 bits per heavy atom. The molecule has 0 aliphatic heterocycles. The molecule has 0 spiro atoms. The largest absolute Gasteiger partial charge is 0.369 e. The summed E-state index contributed by atoms with van der Waals surface area (Å²) in [6.07, 6.45) is 2.09. The summed E-state index contributed by atoms with van der Waals surface area (Å²) in [6, 6.07) is 9.43. The van der Waals surface area contributed by atoms with E-state index in [2.05, 4.69) is 21.0 Å². The summed E-state index contributed by atoms with van der Waals surface area (Å²) in [5.41, 5.74) is 7.68. The first-order valence-corrected chi connectivity index (χ1v) is 6.97. The second-order valence-corrected chi connectivity index (χ2v) is 5.37. The Hall–Kier alpha value is -2.78. The SMILES string of the molecule is N#CC(Cc1c[nH]c2c(=O)[nH]c(N)nc12)c1cccc(Cl)c1. The number of anilines is 1. The molecule has 0 saturated heterocycles. The first-order valence-electron chi connectivity index (χ1n) is 6.59. The van der Waals surface area contributed by atoms with Crippen molar-refractivity contribution in [1.82, 2.24) is 15.0 Å². The van der Waals surface area contributed by atoms with Gasteiger partial charge in [0.25, 0.3) is 5.56 Å². The molecule has 4 N–H and O–H groups in total. The quantitative estimate of drug-likeness (QED) is 0.689. The zero-order chi connectivity index (χ0) is 15.7. The number of nitriles is 1. The van der Waals surface area contributed by atoms with Crippen molar-refractivity contribution in [1.29, 1.82) is 5.26 Å². The lowest BCUT2D eigenvalue weighted by molar-refractivity contribution is 0.853. The number of benzene rings is 1. The number of nitrogens with one attached hydrogen (secondary N) is 2. The summed E-state index contributed by atoms with van der Waals surface area (Å²) >= 11 is 5.97. The zero-order valence-electron chi connectivity index (χ0n) is 11.4. The van der Waals surface area contributed by atoms with E-state index in [1.165, 1.54) is 0 Å². The Bertz CT molecular complexity index is 937. The molecule has 0 aliphatic carbocycles. The Balaban J connectivity index is 2.02. The van der Waals surface area contributed by atoms with Gasteiger partial charge in [0, 0.05) is 11.2 Å². The van der Waals surface area contributed by atoms with E-state index in [0.717, 1.165) is 11.1 Å². The molecule has 0 aliphatic rings. The summed E-state index contributed by atoms with van der Waals surface area (Å²) in [5, 5.41) is 10.0. The predicted octanol–water partition coefficient (Wildman–Crippen LogP) is 2.34. The first kappa shape index (κ1) is 14.2. The molecular formula is C15H12ClN5O. The fourth-order valence-corrected chi connectivity index (χ4v) is 2.62. The van der Waals surface area contributed by atoms with Crippen LogP contribution in [0.2, 0.25) is 5.02 Å². The van der Waals surface area contributed by atoms with Gasteiger partial charge in [0.15, 0.2) is 0 Å². The minimum Gasteiger partial charge on any atom is -0.369 e. The summed E-state index contributed by atoms with van der Waals surface area (Å²) in [7, 11) is 0. The van der Waals surface area contributed by atoms with Gasteiger partial charge in [0.2, 0.25) is 5.95 Å². The number of nitrogens with two attached hydrogens (primary N) is 1. The first-order chi connectivity index (χ1) is 10.6. The molecule has 3 aromatic rings. The van der Waals surface area contributed by atoms with E-state index in [0.29, 0.717) is 22.5 Å². The zero-order valence-corrected chi connectivity index (χ0v) is 12.2. The van der Waals surface area contributed by atoms with Gasteiger partial charge in [-0.1, -0.05) is 23.7 Å². The average Bonchev–Trinajstić information content (AvgIpc) is 2.88. The van der Waals surface area contributed by atoms with Crippen molar-refractivity contribution in [2.24, 2.45) is 0 Å². The highest BCUT2D eigenvalue weighted by Crippen LogP contribution is 2.25. The van der Waals surface area contributed by atoms with Crippen LogP contribution in [-0.2, 0) is 6.42 Å². The molecule has 0 bridgehead atoms. The van der Waals surface area contributed by atoms with Gasteiger partial charge in [-0.3, -0.25) is 9.78 Å². The van der Waals surface area contributed by atoms with Crippen LogP contribution in [0.5, 0.6) is 0 Å². The van der Waals surface area contributed by atoms with Crippen LogP contribution >= 0.6 is 11.6 Å². The van der Waals surface area contributed by atoms with Crippen LogP contribution in [0.4, 0.5) is 5.95 Å². The van der Waals surface area contributed by atoms with E-state index >= 15 is 0 Å². The van der Waals surface area contributed by atoms with E-state index < -0.39 is 0 Å². The maximum absolute atomic E-state index is 11.8. The molecule has 1 atom stereocenters. The fraction of sp³-hybridized carbons (Fsp3) is 0.133. The van der Waals surface area contributed by atoms with E-state index in [4.69, 9.17) is 17.3 Å². The molecule has 7 heteroatoms. The van der Waals surface area contributed by atoms with Crippen LogP contribution in [0.3, 0.4) is 0 Å². The predicted molar refractivity (Wildman–Crippen MR) is 84.6 cm³/mol. The molecular weight excluding hydrogens is 302 g/mol. The summed E-state index contributed by atoms with van der Waals surface area (Å²) in [6.45, 7) is 0. The van der Waals surface area contributed by atoms with Crippen molar-refractivity contribution in [2.75, 3.05) is 5.73 Å². The minimum absolute atomic E-state index is 0.0506. The minimum atomic E-state index is -0.389. The van der Waals surface area contributed by atoms with Crippen LogP contribution in [0.1, 0.15) is 17.0 Å². The number of aromatic nitrogens is 3. The van der Waals surface area contributed by atoms with Gasteiger partial charge in [-0.2, -0.15) is 5.26 Å². The molecule has 0 saturated carbocycles. The third-order valence-corrected chi connectivity index (χ3v) is 3.70. The molecule has 22 heavy (non-hydrogen) atoms.